The highest BCUT2D eigenvalue weighted by molar-refractivity contribution is 5.96. The summed E-state index contributed by atoms with van der Waals surface area (Å²) in [5.74, 6) is -0.150. The van der Waals surface area contributed by atoms with Crippen LogP contribution < -0.4 is 5.63 Å². The summed E-state index contributed by atoms with van der Waals surface area (Å²) in [7, 11) is 0. The summed E-state index contributed by atoms with van der Waals surface area (Å²) in [6, 6.07) is 4.35. The molecular formula is C10H10O4. The molecule has 74 valence electrons. The van der Waals surface area contributed by atoms with E-state index in [0.717, 1.165) is 0 Å². The summed E-state index contributed by atoms with van der Waals surface area (Å²) in [5.41, 5.74) is -0.475. The lowest BCUT2D eigenvalue weighted by atomic mass is 10.2. The fourth-order valence-electron chi connectivity index (χ4n) is 0.799. The third-order valence-electron chi connectivity index (χ3n) is 1.53. The first kappa shape index (κ1) is 10.4. The number of carbonyl (C=O) groups is 1. The Kier molecular flexibility index (Phi) is 3.36. The summed E-state index contributed by atoms with van der Waals surface area (Å²) in [6.45, 7) is 1.37. The van der Waals surface area contributed by atoms with Crippen LogP contribution in [0.25, 0.3) is 6.08 Å². The Morgan fingerprint density at radius 3 is 2.86 bits per heavy atom. The molecule has 4 nitrogen and oxygen atoms in total. The molecule has 4 heteroatoms. The molecule has 0 aliphatic carbocycles. The van der Waals surface area contributed by atoms with Gasteiger partial charge in [0.15, 0.2) is 5.78 Å². The van der Waals surface area contributed by atoms with Gasteiger partial charge in [-0.1, -0.05) is 6.07 Å². The number of hydrogen-bond donors (Lipinski definition) is 1. The van der Waals surface area contributed by atoms with Crippen molar-refractivity contribution in [2.45, 2.75) is 13.0 Å². The molecule has 0 saturated heterocycles. The molecule has 1 unspecified atom stereocenters. The fourth-order valence-corrected chi connectivity index (χ4v) is 0.799. The van der Waals surface area contributed by atoms with Crippen molar-refractivity contribution in [3.63, 3.8) is 0 Å². The molecule has 1 rings (SSSR count). The lowest BCUT2D eigenvalue weighted by Gasteiger charge is -1.95. The van der Waals surface area contributed by atoms with Gasteiger partial charge in [-0.15, -0.1) is 0 Å². The summed E-state index contributed by atoms with van der Waals surface area (Å²) >= 11 is 0. The van der Waals surface area contributed by atoms with E-state index in [1.807, 2.05) is 0 Å². The van der Waals surface area contributed by atoms with Gasteiger partial charge in [-0.2, -0.15) is 0 Å². The Balaban J connectivity index is 2.79. The number of aliphatic hydroxyl groups is 1. The van der Waals surface area contributed by atoms with E-state index in [0.29, 0.717) is 0 Å². The van der Waals surface area contributed by atoms with E-state index in [1.165, 1.54) is 31.2 Å². The van der Waals surface area contributed by atoms with Crippen LogP contribution in [-0.4, -0.2) is 17.0 Å². The van der Waals surface area contributed by atoms with Crippen LogP contribution in [-0.2, 0) is 4.79 Å². The number of hydrogen-bond acceptors (Lipinski definition) is 4. The van der Waals surface area contributed by atoms with Crippen LogP contribution in [0.15, 0.2) is 33.5 Å². The third-order valence-corrected chi connectivity index (χ3v) is 1.53. The van der Waals surface area contributed by atoms with Gasteiger partial charge in [-0.05, 0) is 25.1 Å². The topological polar surface area (TPSA) is 67.5 Å². The van der Waals surface area contributed by atoms with Crippen molar-refractivity contribution < 1.29 is 14.3 Å². The Bertz CT molecular complexity index is 401. The van der Waals surface area contributed by atoms with Gasteiger partial charge < -0.3 is 9.52 Å². The monoisotopic (exact) mass is 194 g/mol. The highest BCUT2D eigenvalue weighted by atomic mass is 16.4. The van der Waals surface area contributed by atoms with Gasteiger partial charge in [-0.25, -0.2) is 4.79 Å². The van der Waals surface area contributed by atoms with Crippen LogP contribution >= 0.6 is 0 Å². The predicted octanol–water partition coefficient (Wildman–Crippen LogP) is 0.603. The molecule has 14 heavy (non-hydrogen) atoms. The average molecular weight is 194 g/mol. The number of ketones is 1. The Morgan fingerprint density at radius 2 is 2.29 bits per heavy atom. The zero-order valence-electron chi connectivity index (χ0n) is 7.64. The van der Waals surface area contributed by atoms with Gasteiger partial charge in [-0.3, -0.25) is 4.79 Å². The highest BCUT2D eigenvalue weighted by Crippen LogP contribution is 1.98. The maximum absolute atomic E-state index is 10.9. The minimum Gasteiger partial charge on any atom is -0.423 e. The van der Waals surface area contributed by atoms with Gasteiger partial charge in [0, 0.05) is 6.07 Å². The quantitative estimate of drug-likeness (QED) is 0.715. The van der Waals surface area contributed by atoms with Crippen LogP contribution in [0, 0.1) is 0 Å². The third kappa shape index (κ3) is 2.99. The van der Waals surface area contributed by atoms with Gasteiger partial charge in [0.1, 0.15) is 11.9 Å². The molecule has 0 fully saturated rings. The first-order chi connectivity index (χ1) is 6.59. The normalized spacial score (nSPS) is 13.0. The molecule has 1 atom stereocenters. The largest absolute Gasteiger partial charge is 0.423 e. The summed E-state index contributed by atoms with van der Waals surface area (Å²) in [6.07, 6.45) is 1.47. The van der Waals surface area contributed by atoms with E-state index in [1.54, 1.807) is 6.07 Å². The van der Waals surface area contributed by atoms with E-state index in [2.05, 4.69) is 0 Å². The van der Waals surface area contributed by atoms with Crippen molar-refractivity contribution in [1.29, 1.82) is 0 Å². The number of carbonyl (C=O) groups excluding carboxylic acids is 1. The minimum absolute atomic E-state index is 0.284. The molecule has 0 aromatic carbocycles. The molecule has 0 bridgehead atoms. The molecule has 0 radical (unpaired) electrons. The maximum Gasteiger partial charge on any atom is 0.336 e. The van der Waals surface area contributed by atoms with Gasteiger partial charge in [0.2, 0.25) is 0 Å². The Labute approximate surface area is 80.5 Å². The second-order valence-electron chi connectivity index (χ2n) is 2.76. The highest BCUT2D eigenvalue weighted by Gasteiger charge is 2.03. The molecule has 0 aliphatic rings. The molecule has 0 spiro atoms. The van der Waals surface area contributed by atoms with Crippen molar-refractivity contribution in [1.82, 2.24) is 0 Å². The SMILES string of the molecule is CC(O)C(=O)C=Cc1cccc(=O)o1. The van der Waals surface area contributed by atoms with Crippen molar-refractivity contribution in [3.05, 3.63) is 40.5 Å². The smallest absolute Gasteiger partial charge is 0.336 e. The Morgan fingerprint density at radius 1 is 1.57 bits per heavy atom. The molecule has 1 N–H and O–H groups in total. The van der Waals surface area contributed by atoms with E-state index in [4.69, 9.17) is 9.52 Å². The first-order valence-corrected chi connectivity index (χ1v) is 4.10. The van der Waals surface area contributed by atoms with Crippen LogP contribution in [0.1, 0.15) is 12.7 Å². The molecule has 0 amide bonds. The zero-order valence-corrected chi connectivity index (χ0v) is 7.64. The Hall–Kier alpha value is -1.68. The van der Waals surface area contributed by atoms with Crippen molar-refractivity contribution in [2.24, 2.45) is 0 Å². The van der Waals surface area contributed by atoms with Gasteiger partial charge in [0.05, 0.1) is 0 Å². The fraction of sp³-hybridized carbons (Fsp3) is 0.200. The average Bonchev–Trinajstić information content (AvgIpc) is 2.14. The van der Waals surface area contributed by atoms with Crippen LogP contribution in [0.3, 0.4) is 0 Å². The van der Waals surface area contributed by atoms with E-state index in [9.17, 15) is 9.59 Å². The minimum atomic E-state index is -1.04. The standard InChI is InChI=1S/C10H10O4/c1-7(11)9(12)6-5-8-3-2-4-10(13)14-8/h2-7,11H,1H3. The van der Waals surface area contributed by atoms with Crippen molar-refractivity contribution in [3.8, 4) is 0 Å². The number of aliphatic hydroxyl groups excluding tert-OH is 1. The maximum atomic E-state index is 10.9. The van der Waals surface area contributed by atoms with Crippen LogP contribution in [0.5, 0.6) is 0 Å². The molecule has 0 aliphatic heterocycles. The number of rotatable bonds is 3. The molecule has 1 aromatic rings. The van der Waals surface area contributed by atoms with Crippen LogP contribution in [0.4, 0.5) is 0 Å². The molecule has 1 aromatic heterocycles. The van der Waals surface area contributed by atoms with E-state index >= 15 is 0 Å². The van der Waals surface area contributed by atoms with Crippen LogP contribution in [0.2, 0.25) is 0 Å². The summed E-state index contributed by atoms with van der Waals surface area (Å²) in [4.78, 5) is 21.7. The first-order valence-electron chi connectivity index (χ1n) is 4.10. The lowest BCUT2D eigenvalue weighted by Crippen LogP contribution is -2.12. The van der Waals surface area contributed by atoms with Crippen molar-refractivity contribution >= 4 is 11.9 Å². The predicted molar refractivity (Wildman–Crippen MR) is 50.7 cm³/mol. The van der Waals surface area contributed by atoms with Gasteiger partial charge in [0.25, 0.3) is 0 Å². The lowest BCUT2D eigenvalue weighted by molar-refractivity contribution is -0.121. The van der Waals surface area contributed by atoms with Gasteiger partial charge >= 0.3 is 5.63 Å². The molecular weight excluding hydrogens is 184 g/mol. The molecule has 0 saturated carbocycles. The zero-order chi connectivity index (χ0) is 10.6. The van der Waals surface area contributed by atoms with E-state index in [-0.39, 0.29) is 5.76 Å². The van der Waals surface area contributed by atoms with E-state index < -0.39 is 17.5 Å². The molecule has 1 heterocycles. The second kappa shape index (κ2) is 4.53. The van der Waals surface area contributed by atoms with Crippen molar-refractivity contribution in [2.75, 3.05) is 0 Å². The summed E-state index contributed by atoms with van der Waals surface area (Å²) in [5, 5.41) is 8.86. The summed E-state index contributed by atoms with van der Waals surface area (Å²) < 4.78 is 4.73. The second-order valence-corrected chi connectivity index (χ2v) is 2.76.